The van der Waals surface area contributed by atoms with Gasteiger partial charge in [-0.15, -0.1) is 5.10 Å². The lowest BCUT2D eigenvalue weighted by Crippen LogP contribution is -2.21. The number of hydrogen-bond acceptors (Lipinski definition) is 7. The molecule has 0 aliphatic heterocycles. The van der Waals surface area contributed by atoms with E-state index in [1.54, 1.807) is 12.1 Å². The maximum atomic E-state index is 12.1. The zero-order valence-corrected chi connectivity index (χ0v) is 15.6. The molecule has 140 valence electrons. The number of amides is 1. The smallest absolute Gasteiger partial charge is 0.378 e. The highest BCUT2D eigenvalue weighted by Crippen LogP contribution is 2.27. The zero-order valence-electron chi connectivity index (χ0n) is 14.8. The van der Waals surface area contributed by atoms with Gasteiger partial charge in [0.2, 0.25) is 0 Å². The third-order valence-corrected chi connectivity index (χ3v) is 3.81. The van der Waals surface area contributed by atoms with Crippen LogP contribution in [0.2, 0.25) is 5.02 Å². The molecule has 3 rings (SSSR count). The van der Waals surface area contributed by atoms with Crippen LogP contribution in [0, 0.1) is 13.8 Å². The molecule has 0 aliphatic carbocycles. The molecule has 0 unspecified atom stereocenters. The number of aryl methyl sites for hydroxylation is 2. The number of esters is 1. The van der Waals surface area contributed by atoms with E-state index in [-0.39, 0.29) is 11.6 Å². The van der Waals surface area contributed by atoms with Crippen LogP contribution in [-0.4, -0.2) is 45.2 Å². The Morgan fingerprint density at radius 2 is 2.00 bits per heavy atom. The summed E-state index contributed by atoms with van der Waals surface area (Å²) in [5.41, 5.74) is 1.89. The Kier molecular flexibility index (Phi) is 5.22. The molecule has 10 heteroatoms. The second-order valence-electron chi connectivity index (χ2n) is 5.66. The molecule has 2 heterocycles. The fourth-order valence-electron chi connectivity index (χ4n) is 2.41. The van der Waals surface area contributed by atoms with Gasteiger partial charge in [0.15, 0.2) is 6.61 Å². The van der Waals surface area contributed by atoms with E-state index in [1.165, 1.54) is 17.7 Å². The molecule has 0 saturated carbocycles. The maximum Gasteiger partial charge on any atom is 0.378 e. The topological polar surface area (TPSA) is 108 Å². The minimum atomic E-state index is -0.828. The molecule has 0 fully saturated rings. The average Bonchev–Trinajstić information content (AvgIpc) is 3.04. The molecule has 1 amide bonds. The summed E-state index contributed by atoms with van der Waals surface area (Å²) >= 11 is 5.91. The van der Waals surface area contributed by atoms with E-state index in [9.17, 15) is 9.59 Å². The molecule has 1 N–H and O–H groups in total. The van der Waals surface area contributed by atoms with Crippen LogP contribution in [0.4, 0.5) is 5.69 Å². The van der Waals surface area contributed by atoms with Gasteiger partial charge in [-0.05, 0) is 38.1 Å². The third kappa shape index (κ3) is 4.14. The molecule has 0 radical (unpaired) electrons. The first-order valence-electron chi connectivity index (χ1n) is 7.89. The first kappa shape index (κ1) is 18.6. The Labute approximate surface area is 159 Å². The van der Waals surface area contributed by atoms with E-state index in [1.807, 2.05) is 19.9 Å². The SMILES string of the molecule is COc1ccc(Cl)cc1NC(=O)COC(=O)c1nc2nc(C)cc(C)n2n1. The molecular weight excluding hydrogens is 374 g/mol. The molecule has 0 aliphatic rings. The van der Waals surface area contributed by atoms with Crippen molar-refractivity contribution in [1.29, 1.82) is 0 Å². The van der Waals surface area contributed by atoms with Crippen LogP contribution < -0.4 is 10.1 Å². The van der Waals surface area contributed by atoms with Gasteiger partial charge in [-0.2, -0.15) is 4.98 Å². The van der Waals surface area contributed by atoms with Crippen molar-refractivity contribution in [2.24, 2.45) is 0 Å². The summed E-state index contributed by atoms with van der Waals surface area (Å²) in [5, 5.41) is 7.05. The molecule has 1 aromatic carbocycles. The summed E-state index contributed by atoms with van der Waals surface area (Å²) < 4.78 is 11.5. The minimum absolute atomic E-state index is 0.177. The number of ether oxygens (including phenoxy) is 2. The van der Waals surface area contributed by atoms with E-state index < -0.39 is 18.5 Å². The average molecular weight is 390 g/mol. The fourth-order valence-corrected chi connectivity index (χ4v) is 2.58. The van der Waals surface area contributed by atoms with Gasteiger partial charge < -0.3 is 14.8 Å². The van der Waals surface area contributed by atoms with E-state index in [0.29, 0.717) is 16.5 Å². The standard InChI is InChI=1S/C17H16ClN5O4/c1-9-6-10(2)23-17(19-9)21-15(22-23)16(25)27-8-14(24)20-12-7-11(18)4-5-13(12)26-3/h4-7H,8H2,1-3H3,(H,20,24). The normalized spacial score (nSPS) is 10.7. The number of benzene rings is 1. The number of methoxy groups -OCH3 is 1. The predicted molar refractivity (Wildman–Crippen MR) is 97.2 cm³/mol. The largest absolute Gasteiger partial charge is 0.495 e. The van der Waals surface area contributed by atoms with Gasteiger partial charge in [-0.25, -0.2) is 14.3 Å². The van der Waals surface area contributed by atoms with Crippen LogP contribution >= 0.6 is 11.6 Å². The van der Waals surface area contributed by atoms with Crippen molar-refractivity contribution in [2.75, 3.05) is 19.0 Å². The molecule has 0 spiro atoms. The van der Waals surface area contributed by atoms with Crippen LogP contribution in [0.15, 0.2) is 24.3 Å². The predicted octanol–water partition coefficient (Wildman–Crippen LogP) is 2.20. The number of aromatic nitrogens is 4. The van der Waals surface area contributed by atoms with Crippen molar-refractivity contribution >= 4 is 34.9 Å². The number of nitrogens with one attached hydrogen (secondary N) is 1. The second-order valence-corrected chi connectivity index (χ2v) is 6.09. The van der Waals surface area contributed by atoms with Gasteiger partial charge in [-0.3, -0.25) is 4.79 Å². The summed E-state index contributed by atoms with van der Waals surface area (Å²) in [6, 6.07) is 6.58. The number of nitrogens with zero attached hydrogens (tertiary/aromatic N) is 4. The number of fused-ring (bicyclic) bond motifs is 1. The number of anilines is 1. The highest BCUT2D eigenvalue weighted by molar-refractivity contribution is 6.31. The summed E-state index contributed by atoms with van der Waals surface area (Å²) in [7, 11) is 1.46. The lowest BCUT2D eigenvalue weighted by molar-refractivity contribution is -0.119. The van der Waals surface area contributed by atoms with Gasteiger partial charge >= 0.3 is 5.97 Å². The molecule has 3 aromatic rings. The van der Waals surface area contributed by atoms with E-state index >= 15 is 0 Å². The van der Waals surface area contributed by atoms with Crippen LogP contribution in [0.25, 0.3) is 5.78 Å². The number of hydrogen-bond donors (Lipinski definition) is 1. The summed E-state index contributed by atoms with van der Waals surface area (Å²) in [6.07, 6.45) is 0. The van der Waals surface area contributed by atoms with Crippen molar-refractivity contribution in [3.8, 4) is 5.75 Å². The Hall–Kier alpha value is -3.20. The van der Waals surface area contributed by atoms with Crippen molar-refractivity contribution in [3.05, 3.63) is 46.5 Å². The molecule has 2 aromatic heterocycles. The second kappa shape index (κ2) is 7.58. The Morgan fingerprint density at radius 1 is 1.22 bits per heavy atom. The van der Waals surface area contributed by atoms with Crippen molar-refractivity contribution in [3.63, 3.8) is 0 Å². The first-order valence-corrected chi connectivity index (χ1v) is 8.26. The number of carbonyl (C=O) groups is 2. The number of carbonyl (C=O) groups excluding carboxylic acids is 2. The summed E-state index contributed by atoms with van der Waals surface area (Å²) in [5.74, 6) is -0.849. The van der Waals surface area contributed by atoms with E-state index in [2.05, 4.69) is 20.4 Å². The van der Waals surface area contributed by atoms with Crippen LogP contribution in [-0.2, 0) is 9.53 Å². The highest BCUT2D eigenvalue weighted by Gasteiger charge is 2.18. The summed E-state index contributed by atoms with van der Waals surface area (Å²) in [4.78, 5) is 32.4. The number of rotatable bonds is 5. The monoisotopic (exact) mass is 389 g/mol. The Morgan fingerprint density at radius 3 is 2.74 bits per heavy atom. The minimum Gasteiger partial charge on any atom is -0.495 e. The molecule has 0 saturated heterocycles. The van der Waals surface area contributed by atoms with E-state index in [0.717, 1.165) is 11.4 Å². The van der Waals surface area contributed by atoms with Crippen molar-refractivity contribution < 1.29 is 19.1 Å². The van der Waals surface area contributed by atoms with Gasteiger partial charge in [0.25, 0.3) is 17.5 Å². The van der Waals surface area contributed by atoms with Gasteiger partial charge in [0, 0.05) is 16.4 Å². The van der Waals surface area contributed by atoms with E-state index in [4.69, 9.17) is 21.1 Å². The third-order valence-electron chi connectivity index (χ3n) is 3.57. The first-order chi connectivity index (χ1) is 12.9. The molecule has 0 bridgehead atoms. The lowest BCUT2D eigenvalue weighted by Gasteiger charge is -2.10. The van der Waals surface area contributed by atoms with Crippen LogP contribution in [0.1, 0.15) is 22.0 Å². The van der Waals surface area contributed by atoms with Crippen molar-refractivity contribution in [1.82, 2.24) is 19.6 Å². The molecule has 0 atom stereocenters. The number of halogens is 1. The molecule has 9 nitrogen and oxygen atoms in total. The molecule has 27 heavy (non-hydrogen) atoms. The molecular formula is C17H16ClN5O4. The maximum absolute atomic E-state index is 12.1. The van der Waals surface area contributed by atoms with Crippen LogP contribution in [0.3, 0.4) is 0 Å². The Balaban J connectivity index is 1.66. The zero-order chi connectivity index (χ0) is 19.6. The van der Waals surface area contributed by atoms with Gasteiger partial charge in [0.05, 0.1) is 12.8 Å². The Bertz CT molecular complexity index is 1030. The van der Waals surface area contributed by atoms with Crippen molar-refractivity contribution in [2.45, 2.75) is 13.8 Å². The quantitative estimate of drug-likeness (QED) is 0.666. The van der Waals surface area contributed by atoms with Gasteiger partial charge in [0.1, 0.15) is 5.75 Å². The highest BCUT2D eigenvalue weighted by atomic mass is 35.5. The fraction of sp³-hybridized carbons (Fsp3) is 0.235. The van der Waals surface area contributed by atoms with Gasteiger partial charge in [-0.1, -0.05) is 11.6 Å². The summed E-state index contributed by atoms with van der Waals surface area (Å²) in [6.45, 7) is 3.11. The lowest BCUT2D eigenvalue weighted by atomic mass is 10.3. The van der Waals surface area contributed by atoms with Crippen LogP contribution in [0.5, 0.6) is 5.75 Å².